The van der Waals surface area contributed by atoms with Crippen LogP contribution in [0.1, 0.15) is 32.1 Å². The molecule has 0 aromatic heterocycles. The molecule has 1 unspecified atom stereocenters. The summed E-state index contributed by atoms with van der Waals surface area (Å²) in [5, 5.41) is 37.4. The third-order valence-electron chi connectivity index (χ3n) is 5.07. The number of halogens is 1. The standard InChI is InChI=1S/C22H29FO6/c23-18-8-5-6-9-21(18)29-14-15(24)11-12-17-16(19(25)13-20(17)26)7-3-1-2-4-10-22(27)28/h1,3,5-6,8-9,11-12,15-17,19-20,24-26H,2,4,7,10,13-14H2,(H,27,28)/p+1/b3-1-,12-11+/t15-,16?,17-,19+,20-/m1/s1. The van der Waals surface area contributed by atoms with Gasteiger partial charge in [-0.3, -0.25) is 0 Å². The number of aliphatic hydroxyl groups is 3. The fraction of sp³-hybridized carbons (Fsp3) is 0.500. The van der Waals surface area contributed by atoms with Gasteiger partial charge in [0.15, 0.2) is 11.6 Å². The molecular formula is C22H30FO6+. The lowest BCUT2D eigenvalue weighted by atomic mass is 9.89. The lowest BCUT2D eigenvalue weighted by molar-refractivity contribution is -0.137. The Hall–Kier alpha value is -2.22. The van der Waals surface area contributed by atoms with Crippen LogP contribution in [0.2, 0.25) is 0 Å². The maximum Gasteiger partial charge on any atom is 0.515 e. The average Bonchev–Trinajstić information content (AvgIpc) is 2.94. The van der Waals surface area contributed by atoms with Gasteiger partial charge in [0, 0.05) is 17.1 Å². The summed E-state index contributed by atoms with van der Waals surface area (Å²) >= 11 is 0. The van der Waals surface area contributed by atoms with E-state index in [9.17, 15) is 24.5 Å². The highest BCUT2D eigenvalue weighted by Crippen LogP contribution is 2.36. The van der Waals surface area contributed by atoms with E-state index in [1.165, 1.54) is 18.2 Å². The summed E-state index contributed by atoms with van der Waals surface area (Å²) in [5.74, 6) is -1.51. The molecule has 160 valence electrons. The first-order valence-corrected chi connectivity index (χ1v) is 9.87. The Morgan fingerprint density at radius 1 is 1.28 bits per heavy atom. The van der Waals surface area contributed by atoms with E-state index in [0.29, 0.717) is 19.3 Å². The number of allylic oxidation sites excluding steroid dienone is 2. The molecule has 1 aliphatic carbocycles. The number of aliphatic hydroxyl groups excluding tert-OH is 3. The van der Waals surface area contributed by atoms with Crippen molar-refractivity contribution in [1.82, 2.24) is 0 Å². The molecule has 1 saturated carbocycles. The van der Waals surface area contributed by atoms with Gasteiger partial charge in [0.05, 0.1) is 12.2 Å². The van der Waals surface area contributed by atoms with E-state index >= 15 is 0 Å². The Morgan fingerprint density at radius 2 is 2.03 bits per heavy atom. The Labute approximate surface area is 170 Å². The molecule has 0 aliphatic heterocycles. The molecule has 0 saturated heterocycles. The van der Waals surface area contributed by atoms with Crippen molar-refractivity contribution >= 4 is 5.97 Å². The highest BCUT2D eigenvalue weighted by atomic mass is 19.1. The topological polar surface area (TPSA) is 110 Å². The number of ether oxygens (including phenoxy) is 1. The lowest BCUT2D eigenvalue weighted by Gasteiger charge is -2.19. The van der Waals surface area contributed by atoms with Gasteiger partial charge >= 0.3 is 5.97 Å². The van der Waals surface area contributed by atoms with Gasteiger partial charge in [-0.25, -0.2) is 4.39 Å². The number of unbranched alkanes of at least 4 members (excludes halogenated alkanes) is 1. The molecule has 0 amide bonds. The average molecular weight is 409 g/mol. The quantitative estimate of drug-likeness (QED) is 0.294. The second-order valence-corrected chi connectivity index (χ2v) is 7.33. The lowest BCUT2D eigenvalue weighted by Crippen LogP contribution is -2.21. The van der Waals surface area contributed by atoms with Crippen molar-refractivity contribution in [3.63, 3.8) is 0 Å². The Morgan fingerprint density at radius 3 is 2.76 bits per heavy atom. The van der Waals surface area contributed by atoms with Crippen LogP contribution in [0.5, 0.6) is 5.75 Å². The number of hydrogen-bond donors (Lipinski definition) is 3. The zero-order valence-electron chi connectivity index (χ0n) is 16.3. The number of hydrogen-bond acceptors (Lipinski definition) is 5. The number of benzene rings is 1. The normalized spacial score (nSPS) is 25.7. The van der Waals surface area contributed by atoms with Crippen LogP contribution in [-0.4, -0.2) is 51.3 Å². The number of rotatable bonds is 11. The van der Waals surface area contributed by atoms with E-state index in [1.807, 2.05) is 12.2 Å². The van der Waals surface area contributed by atoms with Crippen molar-refractivity contribution in [3.8, 4) is 5.75 Å². The molecule has 0 spiro atoms. The van der Waals surface area contributed by atoms with Gasteiger partial charge in [0.25, 0.3) is 0 Å². The minimum atomic E-state index is -0.974. The smallest absolute Gasteiger partial charge is 0.515 e. The zero-order valence-corrected chi connectivity index (χ0v) is 16.3. The molecule has 1 aliphatic rings. The summed E-state index contributed by atoms with van der Waals surface area (Å²) < 4.78 is 18.8. The van der Waals surface area contributed by atoms with Gasteiger partial charge in [-0.1, -0.05) is 36.4 Å². The fourth-order valence-electron chi connectivity index (χ4n) is 3.51. The van der Waals surface area contributed by atoms with E-state index in [0.717, 1.165) is 0 Å². The first kappa shape index (κ1) is 23.1. The van der Waals surface area contributed by atoms with Crippen LogP contribution >= 0.6 is 0 Å². The zero-order chi connectivity index (χ0) is 21.2. The van der Waals surface area contributed by atoms with Crippen LogP contribution in [0.3, 0.4) is 0 Å². The third kappa shape index (κ3) is 7.61. The minimum Gasteiger partial charge on any atom is -0.565 e. The predicted octanol–water partition coefficient (Wildman–Crippen LogP) is 1.85. The Bertz CT molecular complexity index is 704. The second kappa shape index (κ2) is 11.7. The highest BCUT2D eigenvalue weighted by molar-refractivity contribution is 5.66. The van der Waals surface area contributed by atoms with E-state index in [1.54, 1.807) is 18.2 Å². The predicted molar refractivity (Wildman–Crippen MR) is 107 cm³/mol. The van der Waals surface area contributed by atoms with Crippen LogP contribution in [0.15, 0.2) is 48.6 Å². The van der Waals surface area contributed by atoms with Crippen molar-refractivity contribution in [2.75, 3.05) is 6.61 Å². The van der Waals surface area contributed by atoms with Crippen molar-refractivity contribution in [2.45, 2.75) is 50.4 Å². The van der Waals surface area contributed by atoms with Gasteiger partial charge in [0.1, 0.15) is 19.1 Å². The summed E-state index contributed by atoms with van der Waals surface area (Å²) in [6.45, 7) is -0.123. The third-order valence-corrected chi connectivity index (χ3v) is 5.07. The first-order chi connectivity index (χ1) is 13.9. The fourth-order valence-corrected chi connectivity index (χ4v) is 3.51. The Balaban J connectivity index is 1.84. The van der Waals surface area contributed by atoms with E-state index in [-0.39, 0.29) is 37.0 Å². The van der Waals surface area contributed by atoms with E-state index < -0.39 is 30.1 Å². The maximum absolute atomic E-state index is 13.5. The molecule has 5 atom stereocenters. The SMILES string of the molecule is O=C([OH2+])CCC/C=C\CC1[C@@H](/C=C/[C@@H](O)COc2ccccc2F)[C@H](O)C[C@@H]1O. The van der Waals surface area contributed by atoms with Crippen molar-refractivity contribution in [2.24, 2.45) is 11.8 Å². The van der Waals surface area contributed by atoms with E-state index in [4.69, 9.17) is 9.84 Å². The van der Waals surface area contributed by atoms with Gasteiger partial charge < -0.3 is 25.2 Å². The summed E-state index contributed by atoms with van der Waals surface area (Å²) in [5.41, 5.74) is 0. The monoisotopic (exact) mass is 409 g/mol. The van der Waals surface area contributed by atoms with Crippen LogP contribution in [0, 0.1) is 17.7 Å². The maximum atomic E-state index is 13.5. The Kier molecular flexibility index (Phi) is 9.31. The molecule has 2 rings (SSSR count). The van der Waals surface area contributed by atoms with Crippen LogP contribution < -0.4 is 4.74 Å². The van der Waals surface area contributed by atoms with Gasteiger partial charge in [-0.15, -0.1) is 0 Å². The molecule has 0 radical (unpaired) electrons. The van der Waals surface area contributed by atoms with Crippen molar-refractivity contribution in [3.05, 3.63) is 54.4 Å². The molecule has 5 N–H and O–H groups in total. The number of carbonyl (C=O) groups is 1. The molecule has 1 aromatic carbocycles. The second-order valence-electron chi connectivity index (χ2n) is 7.33. The molecule has 1 aromatic rings. The van der Waals surface area contributed by atoms with E-state index in [2.05, 4.69) is 0 Å². The summed E-state index contributed by atoms with van der Waals surface area (Å²) in [6, 6.07) is 5.94. The van der Waals surface area contributed by atoms with Crippen LogP contribution in [0.25, 0.3) is 0 Å². The molecule has 6 nitrogen and oxygen atoms in total. The van der Waals surface area contributed by atoms with Gasteiger partial charge in [-0.05, 0) is 37.3 Å². The number of para-hydroxylation sites is 1. The van der Waals surface area contributed by atoms with Crippen molar-refractivity contribution in [1.29, 1.82) is 0 Å². The molecular weight excluding hydrogens is 379 g/mol. The minimum absolute atomic E-state index is 0.0615. The first-order valence-electron chi connectivity index (χ1n) is 9.87. The molecule has 0 heterocycles. The van der Waals surface area contributed by atoms with Gasteiger partial charge in [0.2, 0.25) is 0 Å². The number of carbonyl (C=O) groups excluding carboxylic acids is 1. The molecule has 7 heteroatoms. The summed E-state index contributed by atoms with van der Waals surface area (Å²) in [7, 11) is 0. The molecule has 1 fully saturated rings. The van der Waals surface area contributed by atoms with Crippen molar-refractivity contribution < 1.29 is 34.3 Å². The molecule has 29 heavy (non-hydrogen) atoms. The highest BCUT2D eigenvalue weighted by Gasteiger charge is 2.39. The largest absolute Gasteiger partial charge is 0.565 e. The summed E-state index contributed by atoms with van der Waals surface area (Å²) in [4.78, 5) is 10.6. The van der Waals surface area contributed by atoms with Crippen LogP contribution in [-0.2, 0) is 4.79 Å². The molecule has 0 bridgehead atoms. The van der Waals surface area contributed by atoms with Gasteiger partial charge in [-0.2, -0.15) is 0 Å². The summed E-state index contributed by atoms with van der Waals surface area (Å²) in [6.07, 6.45) is 7.05. The van der Waals surface area contributed by atoms with Crippen LogP contribution in [0.4, 0.5) is 4.39 Å².